The molecule has 0 N–H and O–H groups in total. The minimum absolute atomic E-state index is 0.278. The van der Waals surface area contributed by atoms with Gasteiger partial charge in [-0.05, 0) is 25.3 Å². The largest absolute Gasteiger partial charge is 0.469 e. The Kier molecular flexibility index (Phi) is 5.91. The van der Waals surface area contributed by atoms with Crippen LogP contribution in [0.1, 0.15) is 18.9 Å². The van der Waals surface area contributed by atoms with Crippen LogP contribution in [0.15, 0.2) is 30.3 Å². The molecular formula is C14H18O4. The molecule has 0 aliphatic heterocycles. The van der Waals surface area contributed by atoms with Gasteiger partial charge in [0.15, 0.2) is 0 Å². The first kappa shape index (κ1) is 14.2. The summed E-state index contributed by atoms with van der Waals surface area (Å²) in [6.45, 7) is 2.16. The van der Waals surface area contributed by atoms with Crippen molar-refractivity contribution >= 4 is 12.4 Å². The maximum absolute atomic E-state index is 11.7. The van der Waals surface area contributed by atoms with Crippen molar-refractivity contribution in [2.45, 2.75) is 25.9 Å². The first-order valence-corrected chi connectivity index (χ1v) is 5.88. The van der Waals surface area contributed by atoms with Gasteiger partial charge < -0.3 is 9.47 Å². The predicted octanol–water partition coefficient (Wildman–Crippen LogP) is 1.97. The molecule has 0 heterocycles. The smallest absolute Gasteiger partial charge is 0.309 e. The lowest BCUT2D eigenvalue weighted by Crippen LogP contribution is -2.24. The van der Waals surface area contributed by atoms with Crippen LogP contribution in [-0.4, -0.2) is 25.7 Å². The van der Waals surface area contributed by atoms with Crippen LogP contribution in [0.3, 0.4) is 0 Å². The van der Waals surface area contributed by atoms with Gasteiger partial charge in [0.2, 0.25) is 0 Å². The Balaban J connectivity index is 2.67. The molecule has 2 atom stereocenters. The van der Waals surface area contributed by atoms with Gasteiger partial charge in [0.05, 0.1) is 19.1 Å². The van der Waals surface area contributed by atoms with Crippen molar-refractivity contribution in [1.29, 1.82) is 0 Å². The number of hydrogen-bond acceptors (Lipinski definition) is 4. The summed E-state index contributed by atoms with van der Waals surface area (Å²) in [7, 11) is 1.37. The highest BCUT2D eigenvalue weighted by atomic mass is 16.5. The van der Waals surface area contributed by atoms with Crippen molar-refractivity contribution in [3.8, 4) is 0 Å². The maximum Gasteiger partial charge on any atom is 0.309 e. The molecule has 1 rings (SSSR count). The Morgan fingerprint density at radius 3 is 2.56 bits per heavy atom. The summed E-state index contributed by atoms with van der Waals surface area (Å²) < 4.78 is 9.60. The summed E-state index contributed by atoms with van der Waals surface area (Å²) in [5.74, 6) is -0.576. The molecule has 0 spiro atoms. The highest BCUT2D eigenvalue weighted by molar-refractivity contribution is 5.72. The second-order valence-electron chi connectivity index (χ2n) is 4.19. The number of benzene rings is 1. The predicted molar refractivity (Wildman–Crippen MR) is 66.9 cm³/mol. The van der Waals surface area contributed by atoms with E-state index >= 15 is 0 Å². The molecule has 2 unspecified atom stereocenters. The van der Waals surface area contributed by atoms with Crippen molar-refractivity contribution in [3.63, 3.8) is 0 Å². The molecule has 0 saturated heterocycles. The second kappa shape index (κ2) is 7.48. The lowest BCUT2D eigenvalue weighted by Gasteiger charge is -2.18. The van der Waals surface area contributed by atoms with Gasteiger partial charge in [0.25, 0.3) is 6.47 Å². The van der Waals surface area contributed by atoms with Gasteiger partial charge in [-0.3, -0.25) is 9.59 Å². The molecule has 0 aliphatic rings. The van der Waals surface area contributed by atoms with Crippen LogP contribution in [-0.2, 0) is 25.5 Å². The first-order chi connectivity index (χ1) is 8.67. The molecule has 0 amide bonds. The molecule has 4 nitrogen and oxygen atoms in total. The molecule has 1 aromatic rings. The van der Waals surface area contributed by atoms with Crippen LogP contribution in [0.2, 0.25) is 0 Å². The third-order valence-electron chi connectivity index (χ3n) is 2.76. The highest BCUT2D eigenvalue weighted by Gasteiger charge is 2.22. The number of hydrogen-bond donors (Lipinski definition) is 0. The van der Waals surface area contributed by atoms with E-state index in [1.165, 1.54) is 7.11 Å². The van der Waals surface area contributed by atoms with Crippen molar-refractivity contribution in [2.75, 3.05) is 7.11 Å². The molecule has 0 saturated carbocycles. The SMILES string of the molecule is COC(=O)C(Cc1ccccc1)CC(C)OC=O. The fraction of sp³-hybridized carbons (Fsp3) is 0.429. The van der Waals surface area contributed by atoms with Gasteiger partial charge in [-0.1, -0.05) is 30.3 Å². The van der Waals surface area contributed by atoms with Crippen molar-refractivity contribution in [2.24, 2.45) is 5.92 Å². The molecule has 0 aliphatic carbocycles. The Hall–Kier alpha value is -1.84. The third-order valence-corrected chi connectivity index (χ3v) is 2.76. The Morgan fingerprint density at radius 2 is 2.00 bits per heavy atom. The Labute approximate surface area is 107 Å². The number of ether oxygens (including phenoxy) is 2. The average Bonchev–Trinajstić information content (AvgIpc) is 2.38. The average molecular weight is 250 g/mol. The molecule has 0 bridgehead atoms. The van der Waals surface area contributed by atoms with E-state index in [9.17, 15) is 9.59 Å². The van der Waals surface area contributed by atoms with E-state index in [1.807, 2.05) is 30.3 Å². The van der Waals surface area contributed by atoms with Crippen LogP contribution in [0, 0.1) is 5.92 Å². The van der Waals surface area contributed by atoms with Crippen molar-refractivity contribution < 1.29 is 19.1 Å². The monoisotopic (exact) mass is 250 g/mol. The molecule has 4 heteroatoms. The fourth-order valence-electron chi connectivity index (χ4n) is 1.88. The van der Waals surface area contributed by atoms with E-state index in [1.54, 1.807) is 6.92 Å². The standard InChI is InChI=1S/C14H18O4/c1-11(18-10-15)8-13(14(16)17-2)9-12-6-4-3-5-7-12/h3-7,10-11,13H,8-9H2,1-2H3. The van der Waals surface area contributed by atoms with Gasteiger partial charge in [0.1, 0.15) is 0 Å². The van der Waals surface area contributed by atoms with Crippen molar-refractivity contribution in [3.05, 3.63) is 35.9 Å². The van der Waals surface area contributed by atoms with Crippen LogP contribution >= 0.6 is 0 Å². The van der Waals surface area contributed by atoms with E-state index in [-0.39, 0.29) is 18.0 Å². The van der Waals surface area contributed by atoms with E-state index in [0.29, 0.717) is 19.3 Å². The fourth-order valence-corrected chi connectivity index (χ4v) is 1.88. The molecule has 0 fully saturated rings. The van der Waals surface area contributed by atoms with E-state index in [4.69, 9.17) is 9.47 Å². The number of carbonyl (C=O) groups is 2. The normalized spacial score (nSPS) is 13.4. The maximum atomic E-state index is 11.7. The molecule has 18 heavy (non-hydrogen) atoms. The summed E-state index contributed by atoms with van der Waals surface area (Å²) in [5.41, 5.74) is 1.06. The van der Waals surface area contributed by atoms with Gasteiger partial charge in [-0.2, -0.15) is 0 Å². The topological polar surface area (TPSA) is 52.6 Å². The van der Waals surface area contributed by atoms with Crippen LogP contribution in [0.4, 0.5) is 0 Å². The van der Waals surface area contributed by atoms with Crippen LogP contribution in [0.25, 0.3) is 0 Å². The second-order valence-corrected chi connectivity index (χ2v) is 4.19. The van der Waals surface area contributed by atoms with Crippen LogP contribution in [0.5, 0.6) is 0 Å². The zero-order valence-corrected chi connectivity index (χ0v) is 10.7. The minimum Gasteiger partial charge on any atom is -0.469 e. The van der Waals surface area contributed by atoms with Crippen molar-refractivity contribution in [1.82, 2.24) is 0 Å². The van der Waals surface area contributed by atoms with Gasteiger partial charge in [-0.25, -0.2) is 0 Å². The number of carbonyl (C=O) groups excluding carboxylic acids is 2. The summed E-state index contributed by atoms with van der Waals surface area (Å²) in [6, 6.07) is 9.70. The van der Waals surface area contributed by atoms with Crippen LogP contribution < -0.4 is 0 Å². The Bertz CT molecular complexity index is 375. The zero-order valence-electron chi connectivity index (χ0n) is 10.7. The van der Waals surface area contributed by atoms with E-state index < -0.39 is 0 Å². The molecule has 0 aromatic heterocycles. The quantitative estimate of drug-likeness (QED) is 0.548. The molecule has 98 valence electrons. The Morgan fingerprint density at radius 1 is 1.33 bits per heavy atom. The summed E-state index contributed by atoms with van der Waals surface area (Å²) >= 11 is 0. The number of rotatable bonds is 7. The zero-order chi connectivity index (χ0) is 13.4. The summed E-state index contributed by atoms with van der Waals surface area (Å²) in [4.78, 5) is 21.9. The van der Waals surface area contributed by atoms with E-state index in [2.05, 4.69) is 0 Å². The lowest BCUT2D eigenvalue weighted by atomic mass is 9.94. The lowest BCUT2D eigenvalue weighted by molar-refractivity contribution is -0.148. The highest BCUT2D eigenvalue weighted by Crippen LogP contribution is 2.17. The van der Waals surface area contributed by atoms with Gasteiger partial charge >= 0.3 is 5.97 Å². The third kappa shape index (κ3) is 4.57. The van der Waals surface area contributed by atoms with Gasteiger partial charge in [-0.15, -0.1) is 0 Å². The van der Waals surface area contributed by atoms with E-state index in [0.717, 1.165) is 5.56 Å². The first-order valence-electron chi connectivity index (χ1n) is 5.88. The summed E-state index contributed by atoms with van der Waals surface area (Å²) in [6.07, 6.45) is 0.746. The van der Waals surface area contributed by atoms with Gasteiger partial charge in [0, 0.05) is 0 Å². The number of methoxy groups -OCH3 is 1. The molecular weight excluding hydrogens is 232 g/mol. The minimum atomic E-state index is -0.299. The molecule has 1 aromatic carbocycles. The number of esters is 1. The summed E-state index contributed by atoms with van der Waals surface area (Å²) in [5, 5.41) is 0. The molecule has 0 radical (unpaired) electrons.